The molecule has 0 saturated heterocycles. The molecule has 2 aromatic rings. The van der Waals surface area contributed by atoms with E-state index in [1.54, 1.807) is 18.2 Å². The highest BCUT2D eigenvalue weighted by atomic mass is 79.9. The molecule has 0 aliphatic rings. The Labute approximate surface area is 109 Å². The zero-order valence-electron chi connectivity index (χ0n) is 8.97. The Kier molecular flexibility index (Phi) is 3.81. The van der Waals surface area contributed by atoms with Gasteiger partial charge in [0.25, 0.3) is 10.1 Å². The summed E-state index contributed by atoms with van der Waals surface area (Å²) in [5.41, 5.74) is 0. The fourth-order valence-electron chi connectivity index (χ4n) is 1.53. The van der Waals surface area contributed by atoms with E-state index in [0.29, 0.717) is 5.33 Å². The van der Waals surface area contributed by atoms with E-state index in [4.69, 9.17) is 4.18 Å². The summed E-state index contributed by atoms with van der Waals surface area (Å²) < 4.78 is 28.4. The van der Waals surface area contributed by atoms with Crippen LogP contribution >= 0.6 is 15.9 Å². The Hall–Kier alpha value is -0.910. The lowest BCUT2D eigenvalue weighted by atomic mass is 10.1. The molecule has 0 unspecified atom stereocenters. The van der Waals surface area contributed by atoms with Crippen molar-refractivity contribution in [3.63, 3.8) is 0 Å². The van der Waals surface area contributed by atoms with Gasteiger partial charge in [-0.3, -0.25) is 4.18 Å². The summed E-state index contributed by atoms with van der Waals surface area (Å²) in [7, 11) is -3.64. The molecule has 0 saturated carbocycles. The van der Waals surface area contributed by atoms with Gasteiger partial charge in [0.2, 0.25) is 0 Å². The van der Waals surface area contributed by atoms with Crippen LogP contribution < -0.4 is 0 Å². The van der Waals surface area contributed by atoms with Crippen LogP contribution in [0.15, 0.2) is 47.4 Å². The summed E-state index contributed by atoms with van der Waals surface area (Å²) in [4.78, 5) is 0.192. The molecule has 2 aromatic carbocycles. The third kappa shape index (κ3) is 2.86. The SMILES string of the molecule is O=S(=O)(OCCBr)c1ccc2ccccc2c1. The van der Waals surface area contributed by atoms with Crippen LogP contribution in [-0.2, 0) is 14.3 Å². The lowest BCUT2D eigenvalue weighted by Crippen LogP contribution is -2.08. The van der Waals surface area contributed by atoms with Crippen LogP contribution in [0.4, 0.5) is 0 Å². The summed E-state index contributed by atoms with van der Waals surface area (Å²) in [6.45, 7) is 0.134. The molecule has 0 fully saturated rings. The van der Waals surface area contributed by atoms with Crippen molar-refractivity contribution in [1.82, 2.24) is 0 Å². The first kappa shape index (κ1) is 12.5. The Morgan fingerprint density at radius 1 is 1.06 bits per heavy atom. The summed E-state index contributed by atoms with van der Waals surface area (Å²) >= 11 is 3.12. The summed E-state index contributed by atoms with van der Waals surface area (Å²) in [6.07, 6.45) is 0. The number of halogens is 1. The standard InChI is InChI=1S/C12H11BrO3S/c13-7-8-16-17(14,15)12-6-5-10-3-1-2-4-11(10)9-12/h1-6,9H,7-8H2. The monoisotopic (exact) mass is 314 g/mol. The summed E-state index contributed by atoms with van der Waals surface area (Å²) in [6, 6.07) is 12.6. The normalized spacial score (nSPS) is 11.8. The quantitative estimate of drug-likeness (QED) is 0.643. The maximum Gasteiger partial charge on any atom is 0.297 e. The predicted molar refractivity (Wildman–Crippen MR) is 70.9 cm³/mol. The lowest BCUT2D eigenvalue weighted by Gasteiger charge is -2.05. The fourth-order valence-corrected chi connectivity index (χ4v) is 2.85. The van der Waals surface area contributed by atoms with E-state index in [0.717, 1.165) is 10.8 Å². The third-order valence-electron chi connectivity index (χ3n) is 2.33. The van der Waals surface area contributed by atoms with Crippen LogP contribution in [-0.4, -0.2) is 20.4 Å². The molecule has 0 aliphatic carbocycles. The van der Waals surface area contributed by atoms with Crippen molar-refractivity contribution in [2.24, 2.45) is 0 Å². The summed E-state index contributed by atoms with van der Waals surface area (Å²) in [5, 5.41) is 2.38. The molecule has 5 heteroatoms. The highest BCUT2D eigenvalue weighted by Gasteiger charge is 2.14. The predicted octanol–water partition coefficient (Wildman–Crippen LogP) is 2.94. The number of hydrogen-bond acceptors (Lipinski definition) is 3. The minimum Gasteiger partial charge on any atom is -0.265 e. The Morgan fingerprint density at radius 2 is 1.76 bits per heavy atom. The molecule has 0 aromatic heterocycles. The first-order chi connectivity index (χ1) is 8.13. The van der Waals surface area contributed by atoms with Gasteiger partial charge >= 0.3 is 0 Å². The third-order valence-corrected chi connectivity index (χ3v) is 3.96. The molecule has 0 bridgehead atoms. The van der Waals surface area contributed by atoms with Crippen LogP contribution in [0.25, 0.3) is 10.8 Å². The van der Waals surface area contributed by atoms with Gasteiger partial charge in [0, 0.05) is 5.33 Å². The fraction of sp³-hybridized carbons (Fsp3) is 0.167. The number of fused-ring (bicyclic) bond motifs is 1. The molecule has 17 heavy (non-hydrogen) atoms. The van der Waals surface area contributed by atoms with Crippen molar-refractivity contribution < 1.29 is 12.6 Å². The van der Waals surface area contributed by atoms with E-state index in [2.05, 4.69) is 15.9 Å². The molecule has 0 atom stereocenters. The van der Waals surface area contributed by atoms with Gasteiger partial charge in [0.05, 0.1) is 11.5 Å². The zero-order valence-corrected chi connectivity index (χ0v) is 11.4. The van der Waals surface area contributed by atoms with Crippen molar-refractivity contribution >= 4 is 36.8 Å². The molecule has 0 spiro atoms. The number of alkyl halides is 1. The molecular weight excluding hydrogens is 304 g/mol. The van der Waals surface area contributed by atoms with Crippen LogP contribution in [0.1, 0.15) is 0 Å². The van der Waals surface area contributed by atoms with E-state index in [-0.39, 0.29) is 11.5 Å². The van der Waals surface area contributed by atoms with Crippen LogP contribution in [0.5, 0.6) is 0 Å². The second-order valence-electron chi connectivity index (χ2n) is 3.47. The van der Waals surface area contributed by atoms with Crippen molar-refractivity contribution in [1.29, 1.82) is 0 Å². The number of rotatable bonds is 4. The van der Waals surface area contributed by atoms with Crippen LogP contribution in [0.3, 0.4) is 0 Å². The molecule has 2 rings (SSSR count). The zero-order chi connectivity index (χ0) is 12.3. The van der Waals surface area contributed by atoms with Gasteiger partial charge in [0.15, 0.2) is 0 Å². The first-order valence-electron chi connectivity index (χ1n) is 5.08. The highest BCUT2D eigenvalue weighted by molar-refractivity contribution is 9.09. The van der Waals surface area contributed by atoms with E-state index in [1.165, 1.54) is 0 Å². The Bertz CT molecular complexity index is 622. The smallest absolute Gasteiger partial charge is 0.265 e. The molecule has 0 amide bonds. The molecular formula is C12H11BrO3S. The minimum absolute atomic E-state index is 0.134. The minimum atomic E-state index is -3.64. The molecule has 0 heterocycles. The lowest BCUT2D eigenvalue weighted by molar-refractivity contribution is 0.342. The van der Waals surface area contributed by atoms with Gasteiger partial charge in [-0.15, -0.1) is 0 Å². The number of hydrogen-bond donors (Lipinski definition) is 0. The highest BCUT2D eigenvalue weighted by Crippen LogP contribution is 2.20. The Balaban J connectivity index is 2.42. The average molecular weight is 315 g/mol. The van der Waals surface area contributed by atoms with Gasteiger partial charge in [-0.05, 0) is 22.9 Å². The molecule has 0 radical (unpaired) electrons. The maximum atomic E-state index is 11.8. The maximum absolute atomic E-state index is 11.8. The second kappa shape index (κ2) is 5.16. The van der Waals surface area contributed by atoms with E-state index < -0.39 is 10.1 Å². The van der Waals surface area contributed by atoms with Gasteiger partial charge in [-0.1, -0.05) is 46.3 Å². The molecule has 3 nitrogen and oxygen atoms in total. The number of benzene rings is 2. The van der Waals surface area contributed by atoms with Gasteiger partial charge in [0.1, 0.15) is 0 Å². The summed E-state index contributed by atoms with van der Waals surface area (Å²) in [5.74, 6) is 0. The molecule has 0 aliphatic heterocycles. The van der Waals surface area contributed by atoms with E-state index >= 15 is 0 Å². The molecule has 90 valence electrons. The van der Waals surface area contributed by atoms with Crippen LogP contribution in [0.2, 0.25) is 0 Å². The molecule has 0 N–H and O–H groups in total. The topological polar surface area (TPSA) is 43.4 Å². The largest absolute Gasteiger partial charge is 0.297 e. The first-order valence-corrected chi connectivity index (χ1v) is 7.61. The van der Waals surface area contributed by atoms with Gasteiger partial charge in [-0.25, -0.2) is 0 Å². The van der Waals surface area contributed by atoms with Gasteiger partial charge in [-0.2, -0.15) is 8.42 Å². The van der Waals surface area contributed by atoms with E-state index in [9.17, 15) is 8.42 Å². The van der Waals surface area contributed by atoms with Crippen molar-refractivity contribution in [3.8, 4) is 0 Å². The van der Waals surface area contributed by atoms with E-state index in [1.807, 2.05) is 24.3 Å². The van der Waals surface area contributed by atoms with Crippen molar-refractivity contribution in [3.05, 3.63) is 42.5 Å². The Morgan fingerprint density at radius 3 is 2.47 bits per heavy atom. The van der Waals surface area contributed by atoms with Gasteiger partial charge < -0.3 is 0 Å². The average Bonchev–Trinajstić information content (AvgIpc) is 2.36. The second-order valence-corrected chi connectivity index (χ2v) is 5.88. The van der Waals surface area contributed by atoms with Crippen molar-refractivity contribution in [2.45, 2.75) is 4.90 Å². The van der Waals surface area contributed by atoms with Crippen LogP contribution in [0, 0.1) is 0 Å². The van der Waals surface area contributed by atoms with Crippen molar-refractivity contribution in [2.75, 3.05) is 11.9 Å².